The SMILES string of the molecule is c1ccc(OCCCn2ccc(-c3ccccc3)n2)cc1. The lowest BCUT2D eigenvalue weighted by Gasteiger charge is -2.05. The van der Waals surface area contributed by atoms with Gasteiger partial charge in [0.15, 0.2) is 0 Å². The van der Waals surface area contributed by atoms with Crippen LogP contribution < -0.4 is 4.74 Å². The van der Waals surface area contributed by atoms with E-state index >= 15 is 0 Å². The highest BCUT2D eigenvalue weighted by atomic mass is 16.5. The minimum atomic E-state index is 0.699. The van der Waals surface area contributed by atoms with Crippen LogP contribution in [0.3, 0.4) is 0 Å². The van der Waals surface area contributed by atoms with Crippen LogP contribution in [0.15, 0.2) is 72.9 Å². The normalized spacial score (nSPS) is 10.5. The van der Waals surface area contributed by atoms with Gasteiger partial charge in [-0.2, -0.15) is 5.10 Å². The van der Waals surface area contributed by atoms with E-state index in [0.717, 1.165) is 30.0 Å². The van der Waals surface area contributed by atoms with Crippen LogP contribution in [-0.4, -0.2) is 16.4 Å². The summed E-state index contributed by atoms with van der Waals surface area (Å²) in [5.41, 5.74) is 2.16. The third kappa shape index (κ3) is 3.72. The minimum absolute atomic E-state index is 0.699. The van der Waals surface area contributed by atoms with Crippen molar-refractivity contribution in [1.82, 2.24) is 9.78 Å². The van der Waals surface area contributed by atoms with Gasteiger partial charge in [0, 0.05) is 24.7 Å². The predicted molar refractivity (Wildman–Crippen MR) is 84.2 cm³/mol. The molecule has 3 rings (SSSR count). The Balaban J connectivity index is 1.49. The van der Waals surface area contributed by atoms with Crippen molar-refractivity contribution >= 4 is 0 Å². The molecule has 0 aliphatic heterocycles. The topological polar surface area (TPSA) is 27.1 Å². The quantitative estimate of drug-likeness (QED) is 0.637. The largest absolute Gasteiger partial charge is 0.494 e. The van der Waals surface area contributed by atoms with Gasteiger partial charge in [-0.05, 0) is 18.2 Å². The zero-order chi connectivity index (χ0) is 14.3. The van der Waals surface area contributed by atoms with Crippen molar-refractivity contribution in [1.29, 1.82) is 0 Å². The van der Waals surface area contributed by atoms with Gasteiger partial charge in [0.05, 0.1) is 12.3 Å². The Bertz CT molecular complexity index is 662. The number of rotatable bonds is 6. The second-order valence-corrected chi connectivity index (χ2v) is 4.85. The number of hydrogen-bond acceptors (Lipinski definition) is 2. The van der Waals surface area contributed by atoms with Gasteiger partial charge < -0.3 is 4.74 Å². The molecule has 3 nitrogen and oxygen atoms in total. The number of ether oxygens (including phenoxy) is 1. The van der Waals surface area contributed by atoms with Crippen molar-refractivity contribution in [3.63, 3.8) is 0 Å². The van der Waals surface area contributed by atoms with Crippen LogP contribution in [0.4, 0.5) is 0 Å². The highest BCUT2D eigenvalue weighted by Crippen LogP contribution is 2.16. The first-order valence-electron chi connectivity index (χ1n) is 7.18. The molecule has 0 saturated carbocycles. The first kappa shape index (κ1) is 13.4. The molecule has 0 spiro atoms. The third-order valence-corrected chi connectivity index (χ3v) is 3.25. The molecule has 0 unspecified atom stereocenters. The molecule has 0 bridgehead atoms. The first-order chi connectivity index (χ1) is 10.4. The van der Waals surface area contributed by atoms with E-state index in [4.69, 9.17) is 4.74 Å². The monoisotopic (exact) mass is 278 g/mol. The molecule has 106 valence electrons. The zero-order valence-corrected chi connectivity index (χ0v) is 11.9. The third-order valence-electron chi connectivity index (χ3n) is 3.25. The highest BCUT2D eigenvalue weighted by Gasteiger charge is 2.01. The molecule has 0 fully saturated rings. The summed E-state index contributed by atoms with van der Waals surface area (Å²) in [6.45, 7) is 1.56. The second-order valence-electron chi connectivity index (χ2n) is 4.85. The number of hydrogen-bond donors (Lipinski definition) is 0. The summed E-state index contributed by atoms with van der Waals surface area (Å²) in [5, 5.41) is 4.59. The Morgan fingerprint density at radius 2 is 1.57 bits per heavy atom. The maximum absolute atomic E-state index is 5.68. The minimum Gasteiger partial charge on any atom is -0.494 e. The maximum atomic E-state index is 5.68. The van der Waals surface area contributed by atoms with Crippen molar-refractivity contribution in [2.45, 2.75) is 13.0 Å². The smallest absolute Gasteiger partial charge is 0.119 e. The molecule has 0 aliphatic rings. The second kappa shape index (κ2) is 6.75. The van der Waals surface area contributed by atoms with E-state index in [2.05, 4.69) is 17.2 Å². The number of nitrogens with zero attached hydrogens (tertiary/aromatic N) is 2. The average Bonchev–Trinajstić information content (AvgIpc) is 3.02. The predicted octanol–water partition coefficient (Wildman–Crippen LogP) is 4.02. The summed E-state index contributed by atoms with van der Waals surface area (Å²) in [4.78, 5) is 0. The van der Waals surface area contributed by atoms with Gasteiger partial charge in [-0.25, -0.2) is 0 Å². The Kier molecular flexibility index (Phi) is 4.32. The van der Waals surface area contributed by atoms with Crippen LogP contribution in [0, 0.1) is 0 Å². The van der Waals surface area contributed by atoms with Crippen LogP contribution in [0.1, 0.15) is 6.42 Å². The molecule has 1 heterocycles. The summed E-state index contributed by atoms with van der Waals surface area (Å²) in [6.07, 6.45) is 2.95. The Labute approximate surface area is 124 Å². The number of aryl methyl sites for hydroxylation is 1. The fourth-order valence-corrected chi connectivity index (χ4v) is 2.18. The van der Waals surface area contributed by atoms with Gasteiger partial charge in [0.1, 0.15) is 5.75 Å². The molecule has 0 saturated heterocycles. The van der Waals surface area contributed by atoms with E-state index in [0.29, 0.717) is 6.61 Å². The fraction of sp³-hybridized carbons (Fsp3) is 0.167. The van der Waals surface area contributed by atoms with Gasteiger partial charge in [0.25, 0.3) is 0 Å². The fourth-order valence-electron chi connectivity index (χ4n) is 2.18. The summed E-state index contributed by atoms with van der Waals surface area (Å²) in [5.74, 6) is 0.919. The van der Waals surface area contributed by atoms with E-state index < -0.39 is 0 Å². The average molecular weight is 278 g/mol. The Morgan fingerprint density at radius 1 is 0.857 bits per heavy atom. The van der Waals surface area contributed by atoms with E-state index in [1.54, 1.807) is 0 Å². The first-order valence-corrected chi connectivity index (χ1v) is 7.18. The van der Waals surface area contributed by atoms with Crippen molar-refractivity contribution in [2.75, 3.05) is 6.61 Å². The molecule has 3 heteroatoms. The van der Waals surface area contributed by atoms with Crippen LogP contribution in [-0.2, 0) is 6.54 Å². The van der Waals surface area contributed by atoms with Crippen LogP contribution in [0.5, 0.6) is 5.75 Å². The standard InChI is InChI=1S/C18H18N2O/c1-3-8-16(9-4-1)18-12-14-20(19-18)13-7-15-21-17-10-5-2-6-11-17/h1-6,8-12,14H,7,13,15H2. The summed E-state index contributed by atoms with van der Waals surface area (Å²) >= 11 is 0. The molecule has 3 aromatic rings. The van der Waals surface area contributed by atoms with E-state index in [1.807, 2.05) is 65.5 Å². The molecule has 21 heavy (non-hydrogen) atoms. The summed E-state index contributed by atoms with van der Waals surface area (Å²) in [7, 11) is 0. The molecular formula is C18H18N2O. The van der Waals surface area contributed by atoms with Gasteiger partial charge in [-0.3, -0.25) is 4.68 Å². The van der Waals surface area contributed by atoms with Crippen LogP contribution in [0.25, 0.3) is 11.3 Å². The summed E-state index contributed by atoms with van der Waals surface area (Å²) < 4.78 is 7.65. The van der Waals surface area contributed by atoms with Crippen LogP contribution >= 0.6 is 0 Å². The molecule has 1 aromatic heterocycles. The van der Waals surface area contributed by atoms with Gasteiger partial charge in [-0.1, -0.05) is 48.5 Å². The number of aromatic nitrogens is 2. The van der Waals surface area contributed by atoms with Gasteiger partial charge in [0.2, 0.25) is 0 Å². The number of benzene rings is 2. The molecule has 0 N–H and O–H groups in total. The summed E-state index contributed by atoms with van der Waals surface area (Å²) in [6, 6.07) is 22.2. The highest BCUT2D eigenvalue weighted by molar-refractivity contribution is 5.57. The van der Waals surface area contributed by atoms with Crippen molar-refractivity contribution in [2.24, 2.45) is 0 Å². The molecule has 0 aliphatic carbocycles. The molecule has 0 atom stereocenters. The molecular weight excluding hydrogens is 260 g/mol. The Morgan fingerprint density at radius 3 is 2.33 bits per heavy atom. The lowest BCUT2D eigenvalue weighted by molar-refractivity contribution is 0.298. The van der Waals surface area contributed by atoms with Crippen molar-refractivity contribution in [3.05, 3.63) is 72.9 Å². The van der Waals surface area contributed by atoms with Gasteiger partial charge >= 0.3 is 0 Å². The van der Waals surface area contributed by atoms with Gasteiger partial charge in [-0.15, -0.1) is 0 Å². The molecule has 0 radical (unpaired) electrons. The van der Waals surface area contributed by atoms with Crippen LogP contribution in [0.2, 0.25) is 0 Å². The molecule has 2 aromatic carbocycles. The van der Waals surface area contributed by atoms with Crippen molar-refractivity contribution < 1.29 is 4.74 Å². The molecule has 0 amide bonds. The maximum Gasteiger partial charge on any atom is 0.119 e. The zero-order valence-electron chi connectivity index (χ0n) is 11.9. The van der Waals surface area contributed by atoms with E-state index in [9.17, 15) is 0 Å². The van der Waals surface area contributed by atoms with E-state index in [-0.39, 0.29) is 0 Å². The lowest BCUT2D eigenvalue weighted by Crippen LogP contribution is -2.05. The van der Waals surface area contributed by atoms with E-state index in [1.165, 1.54) is 0 Å². The lowest BCUT2D eigenvalue weighted by atomic mass is 10.2. The number of para-hydroxylation sites is 1. The Hall–Kier alpha value is -2.55. The van der Waals surface area contributed by atoms with Crippen molar-refractivity contribution in [3.8, 4) is 17.0 Å².